The van der Waals surface area contributed by atoms with E-state index in [2.05, 4.69) is 23.8 Å². The second-order valence-electron chi connectivity index (χ2n) is 20.4. The van der Waals surface area contributed by atoms with Crippen molar-refractivity contribution in [3.63, 3.8) is 0 Å². The molecule has 68 heavy (non-hydrogen) atoms. The SMILES string of the molecule is CCCn1ccc2cc(OC3CCC(C=C(C)C4OC(=O)C5CC(CC)CCN5C(=O)C(=O)C5(O)OC(C(OC)CC(C)C(O)/C(C)=C\CC(=O)CC(O)C4C)C(OC)CC5C)CC3O)ccc21. The van der Waals surface area contributed by atoms with Gasteiger partial charge in [0.1, 0.15) is 35.9 Å². The molecule has 3 fully saturated rings. The number of carbonyl (C=O) groups excluding carboxylic acids is 4. The molecule has 0 radical (unpaired) electrons. The number of carbonyl (C=O) groups is 4. The topological polar surface area (TPSA) is 204 Å². The summed E-state index contributed by atoms with van der Waals surface area (Å²) in [5.41, 5.74) is 2.26. The smallest absolute Gasteiger partial charge is 0.329 e. The molecule has 2 aromatic rings. The first-order valence-corrected chi connectivity index (χ1v) is 25.0. The molecule has 3 aliphatic heterocycles. The lowest BCUT2D eigenvalue weighted by Crippen LogP contribution is -2.64. The van der Waals surface area contributed by atoms with Crippen molar-refractivity contribution in [3.8, 4) is 5.75 Å². The molecule has 1 saturated carbocycles. The van der Waals surface area contributed by atoms with E-state index < -0.39 is 96.1 Å². The maximum atomic E-state index is 14.7. The number of cyclic esters (lactones) is 1. The summed E-state index contributed by atoms with van der Waals surface area (Å²) in [6.07, 6.45) is 2.72. The maximum Gasteiger partial charge on any atom is 0.329 e. The number of ketones is 2. The lowest BCUT2D eigenvalue weighted by molar-refractivity contribution is -0.302. The quantitative estimate of drug-likeness (QED) is 0.125. The Morgan fingerprint density at radius 2 is 1.63 bits per heavy atom. The van der Waals surface area contributed by atoms with Gasteiger partial charge in [-0.1, -0.05) is 53.2 Å². The van der Waals surface area contributed by atoms with Crippen LogP contribution in [0.5, 0.6) is 5.75 Å². The molecular formula is C53H78N2O13. The zero-order chi connectivity index (χ0) is 49.6. The first-order valence-electron chi connectivity index (χ1n) is 25.0. The zero-order valence-electron chi connectivity index (χ0n) is 41.7. The largest absolute Gasteiger partial charge is 0.488 e. The molecule has 1 aromatic heterocycles. The highest BCUT2D eigenvalue weighted by Crippen LogP contribution is 2.40. The Kier molecular flexibility index (Phi) is 18.3. The van der Waals surface area contributed by atoms with Gasteiger partial charge in [-0.2, -0.15) is 0 Å². The molecule has 4 aliphatic rings. The van der Waals surface area contributed by atoms with Crippen LogP contribution in [0.1, 0.15) is 119 Å². The van der Waals surface area contributed by atoms with Crippen molar-refractivity contribution in [1.29, 1.82) is 0 Å². The molecule has 4 N–H and O–H groups in total. The third kappa shape index (κ3) is 12.0. The number of fused-ring (bicyclic) bond motifs is 4. The van der Waals surface area contributed by atoms with Gasteiger partial charge in [-0.15, -0.1) is 0 Å². The molecule has 15 heteroatoms. The van der Waals surface area contributed by atoms with Gasteiger partial charge in [0.05, 0.1) is 30.5 Å². The molecule has 2 bridgehead atoms. The van der Waals surface area contributed by atoms with Crippen molar-refractivity contribution in [2.24, 2.45) is 29.6 Å². The molecule has 15 atom stereocenters. The predicted octanol–water partition coefficient (Wildman–Crippen LogP) is 6.24. The summed E-state index contributed by atoms with van der Waals surface area (Å²) in [5, 5.41) is 47.8. The van der Waals surface area contributed by atoms with Crippen LogP contribution >= 0.6 is 0 Å². The van der Waals surface area contributed by atoms with Gasteiger partial charge in [0.15, 0.2) is 0 Å². The van der Waals surface area contributed by atoms with Crippen LogP contribution in [-0.2, 0) is 44.7 Å². The van der Waals surface area contributed by atoms with Crippen LogP contribution in [0.15, 0.2) is 53.8 Å². The number of piperidine rings is 1. The van der Waals surface area contributed by atoms with Gasteiger partial charge >= 0.3 is 5.97 Å². The van der Waals surface area contributed by atoms with Crippen molar-refractivity contribution in [1.82, 2.24) is 9.47 Å². The summed E-state index contributed by atoms with van der Waals surface area (Å²) >= 11 is 0. The van der Waals surface area contributed by atoms with Gasteiger partial charge < -0.3 is 53.6 Å². The average Bonchev–Trinajstić information content (AvgIpc) is 3.73. The van der Waals surface area contributed by atoms with E-state index in [9.17, 15) is 39.6 Å². The average molecular weight is 951 g/mol. The van der Waals surface area contributed by atoms with Crippen molar-refractivity contribution in [2.75, 3.05) is 20.8 Å². The number of hydrogen-bond donors (Lipinski definition) is 4. The molecule has 1 aromatic carbocycles. The van der Waals surface area contributed by atoms with Gasteiger partial charge in [-0.05, 0) is 118 Å². The van der Waals surface area contributed by atoms with Crippen molar-refractivity contribution < 1.29 is 63.3 Å². The number of aliphatic hydroxyl groups excluding tert-OH is 3. The van der Waals surface area contributed by atoms with Crippen molar-refractivity contribution in [2.45, 2.75) is 186 Å². The standard InChI is InChI=1S/C53H78N2O13/c1-10-20-54-21-19-37-28-39(15-16-40(37)54)66-44-17-13-36(27-43(44)58)23-32(5)48-34(7)42(57)29-38(56)14-12-30(3)47(59)31(4)24-45(64-8)49-46(65-9)25-33(6)53(63,68-49)50(60)51(61)55-22-18-35(11-2)26-41(55)52(62)67-48/h12,15-16,19,21,23,28,31,33-36,41-49,57-59,63H,10-11,13-14,17-18,20,22,24-27,29H2,1-9H3/b30-12-,32-23?. The molecule has 2 saturated heterocycles. The van der Waals surface area contributed by atoms with Crippen LogP contribution in [0.2, 0.25) is 0 Å². The highest BCUT2D eigenvalue weighted by Gasteiger charge is 2.57. The van der Waals surface area contributed by atoms with Crippen LogP contribution < -0.4 is 4.74 Å². The number of nitrogens with zero attached hydrogens (tertiary/aromatic N) is 2. The molecule has 1 aliphatic carbocycles. The van der Waals surface area contributed by atoms with E-state index in [0.717, 1.165) is 23.9 Å². The number of hydrogen-bond acceptors (Lipinski definition) is 13. The fraction of sp³-hybridized carbons (Fsp3) is 0.698. The summed E-state index contributed by atoms with van der Waals surface area (Å²) in [4.78, 5) is 58.3. The minimum absolute atomic E-state index is 0.0240. The number of Topliss-reactive ketones (excluding diaryl/α,β-unsaturated/α-hetero) is 2. The normalized spacial score (nSPS) is 37.5. The van der Waals surface area contributed by atoms with E-state index in [0.29, 0.717) is 49.0 Å². The summed E-state index contributed by atoms with van der Waals surface area (Å²) in [6, 6.07) is 6.83. The second-order valence-corrected chi connectivity index (χ2v) is 20.4. The van der Waals surface area contributed by atoms with Gasteiger partial charge in [0.2, 0.25) is 5.79 Å². The third-order valence-corrected chi connectivity index (χ3v) is 15.5. The summed E-state index contributed by atoms with van der Waals surface area (Å²) in [6.45, 7) is 13.7. The number of methoxy groups -OCH3 is 2. The van der Waals surface area contributed by atoms with Crippen LogP contribution in [0.3, 0.4) is 0 Å². The molecular weight excluding hydrogens is 873 g/mol. The summed E-state index contributed by atoms with van der Waals surface area (Å²) < 4.78 is 32.8. The van der Waals surface area contributed by atoms with E-state index in [1.165, 1.54) is 19.1 Å². The number of allylic oxidation sites excluding steroid dienone is 2. The maximum absolute atomic E-state index is 14.7. The Morgan fingerprint density at radius 3 is 2.31 bits per heavy atom. The summed E-state index contributed by atoms with van der Waals surface area (Å²) in [7, 11) is 2.94. The molecule has 15 unspecified atom stereocenters. The minimum Gasteiger partial charge on any atom is -0.488 e. The van der Waals surface area contributed by atoms with Crippen LogP contribution in [0.25, 0.3) is 10.9 Å². The van der Waals surface area contributed by atoms with Crippen LogP contribution in [-0.4, -0.2) is 135 Å². The number of aryl methyl sites for hydroxylation is 1. The fourth-order valence-corrected chi connectivity index (χ4v) is 11.0. The van der Waals surface area contributed by atoms with E-state index >= 15 is 0 Å². The van der Waals surface area contributed by atoms with E-state index in [1.807, 2.05) is 38.1 Å². The van der Waals surface area contributed by atoms with Gasteiger partial charge in [0.25, 0.3) is 11.7 Å². The number of benzene rings is 1. The Hall–Kier alpha value is -3.96. The predicted molar refractivity (Wildman–Crippen MR) is 255 cm³/mol. The lowest BCUT2D eigenvalue weighted by atomic mass is 9.81. The van der Waals surface area contributed by atoms with Crippen molar-refractivity contribution in [3.05, 3.63) is 53.8 Å². The Bertz CT molecular complexity index is 2130. The molecule has 378 valence electrons. The monoisotopic (exact) mass is 951 g/mol. The third-order valence-electron chi connectivity index (χ3n) is 15.5. The lowest BCUT2D eigenvalue weighted by Gasteiger charge is -2.47. The molecule has 15 nitrogen and oxygen atoms in total. The Morgan fingerprint density at radius 1 is 0.912 bits per heavy atom. The number of ether oxygens (including phenoxy) is 5. The van der Waals surface area contributed by atoms with Crippen LogP contribution in [0, 0.1) is 29.6 Å². The van der Waals surface area contributed by atoms with E-state index in [4.69, 9.17) is 23.7 Å². The van der Waals surface area contributed by atoms with Crippen molar-refractivity contribution >= 4 is 34.3 Å². The molecule has 0 spiro atoms. The fourth-order valence-electron chi connectivity index (χ4n) is 11.0. The van der Waals surface area contributed by atoms with Gasteiger partial charge in [-0.3, -0.25) is 14.4 Å². The summed E-state index contributed by atoms with van der Waals surface area (Å²) in [5.74, 6) is -7.53. The zero-order valence-corrected chi connectivity index (χ0v) is 41.7. The number of amides is 1. The first-order chi connectivity index (χ1) is 32.3. The van der Waals surface area contributed by atoms with Gasteiger partial charge in [0, 0.05) is 69.1 Å². The highest BCUT2D eigenvalue weighted by molar-refractivity contribution is 6.39. The van der Waals surface area contributed by atoms with E-state index in [1.54, 1.807) is 33.8 Å². The molecule has 4 heterocycles. The first kappa shape index (κ1) is 53.4. The van der Waals surface area contributed by atoms with E-state index in [-0.39, 0.29) is 56.3 Å². The number of esters is 1. The van der Waals surface area contributed by atoms with Crippen LogP contribution in [0.4, 0.5) is 0 Å². The van der Waals surface area contributed by atoms with Gasteiger partial charge in [-0.25, -0.2) is 4.79 Å². The Labute approximate surface area is 402 Å². The number of rotatable bonds is 9. The number of aliphatic hydroxyl groups is 4. The highest BCUT2D eigenvalue weighted by atomic mass is 16.7. The molecule has 1 amide bonds. The Balaban J connectivity index is 1.29. The number of aromatic nitrogens is 1. The minimum atomic E-state index is -2.59. The molecule has 6 rings (SSSR count). The second kappa shape index (κ2) is 23.3.